The molecule has 0 N–H and O–H groups in total. The fourth-order valence-corrected chi connectivity index (χ4v) is 9.00. The van der Waals surface area contributed by atoms with Gasteiger partial charge in [-0.1, -0.05) is 194 Å². The van der Waals surface area contributed by atoms with Gasteiger partial charge in [-0.15, -0.1) is 0 Å². The molecule has 3 heteroatoms. The zero-order valence-electron chi connectivity index (χ0n) is 33.0. The summed E-state index contributed by atoms with van der Waals surface area (Å²) in [7, 11) is 0. The van der Waals surface area contributed by atoms with E-state index in [1.165, 1.54) is 27.5 Å². The lowest BCUT2D eigenvalue weighted by Gasteiger charge is -2.32. The number of hydrogen-bond donors (Lipinski definition) is 0. The highest BCUT2D eigenvalue weighted by atomic mass is 16.3. The van der Waals surface area contributed by atoms with Crippen LogP contribution in [-0.2, 0) is 0 Å². The summed E-state index contributed by atoms with van der Waals surface area (Å²) in [5.41, 5.74) is 15.5. The Morgan fingerprint density at radius 1 is 0.400 bits per heavy atom. The molecule has 1 aromatic heterocycles. The normalized spacial score (nSPS) is 12.7. The van der Waals surface area contributed by atoms with Crippen LogP contribution in [0.4, 0.5) is 17.1 Å². The maximum atomic E-state index is 6.62. The van der Waals surface area contributed by atoms with Gasteiger partial charge >= 0.3 is 0 Å². The van der Waals surface area contributed by atoms with Crippen LogP contribution in [0.15, 0.2) is 223 Å². The minimum absolute atomic E-state index is 0.686. The lowest BCUT2D eigenvalue weighted by atomic mass is 9.92. The number of anilines is 3. The van der Waals surface area contributed by atoms with Crippen LogP contribution in [-0.4, -0.2) is 4.98 Å². The number of benzene rings is 9. The van der Waals surface area contributed by atoms with Gasteiger partial charge in [-0.05, 0) is 81.1 Å². The average Bonchev–Trinajstić information content (AvgIpc) is 3.78. The van der Waals surface area contributed by atoms with Gasteiger partial charge < -0.3 is 9.32 Å². The molecule has 0 amide bonds. The molecule has 0 spiro atoms. The first kappa shape index (κ1) is 35.4. The maximum absolute atomic E-state index is 6.62. The Morgan fingerprint density at radius 2 is 0.967 bits per heavy atom. The second-order valence-corrected chi connectivity index (χ2v) is 15.4. The van der Waals surface area contributed by atoms with E-state index in [-0.39, 0.29) is 0 Å². The van der Waals surface area contributed by atoms with E-state index in [0.29, 0.717) is 5.89 Å². The predicted molar refractivity (Wildman–Crippen MR) is 252 cm³/mol. The standard InChI is InChI=1S/C57H40N2O/c1-4-17-39(18-5-1)40-31-33-45(34-32-40)57-58-56-53(60-57)38-36-44-24-16-28-49(55(44)56)48-27-13-15-30-51(48)59(50-29-14-12-25-46(50)41-19-6-2-7-20-41)52-37-35-42-21-10-11-26-47(42)54(52)43-22-8-3-9-23-43/h1-31,33,35-38H,32,34H2. The fourth-order valence-electron chi connectivity index (χ4n) is 9.00. The summed E-state index contributed by atoms with van der Waals surface area (Å²) in [6.07, 6.45) is 6.21. The van der Waals surface area contributed by atoms with Crippen LogP contribution in [0.5, 0.6) is 0 Å². The van der Waals surface area contributed by atoms with Crippen molar-refractivity contribution < 1.29 is 4.42 Å². The number of rotatable bonds is 8. The highest BCUT2D eigenvalue weighted by Crippen LogP contribution is 2.50. The van der Waals surface area contributed by atoms with E-state index in [1.54, 1.807) is 0 Å². The molecule has 0 radical (unpaired) electrons. The first-order chi connectivity index (χ1) is 29.8. The third-order valence-corrected chi connectivity index (χ3v) is 11.8. The summed E-state index contributed by atoms with van der Waals surface area (Å²) in [4.78, 5) is 7.78. The van der Waals surface area contributed by atoms with Crippen molar-refractivity contribution in [3.05, 3.63) is 230 Å². The van der Waals surface area contributed by atoms with Crippen molar-refractivity contribution >= 4 is 60.9 Å². The van der Waals surface area contributed by atoms with Gasteiger partial charge in [-0.25, -0.2) is 4.98 Å². The highest BCUT2D eigenvalue weighted by molar-refractivity contribution is 6.14. The molecular weight excluding hydrogens is 729 g/mol. The van der Waals surface area contributed by atoms with Crippen molar-refractivity contribution in [2.24, 2.45) is 0 Å². The van der Waals surface area contributed by atoms with E-state index in [0.717, 1.165) is 85.2 Å². The fraction of sp³-hybridized carbons (Fsp3) is 0.0351. The third kappa shape index (κ3) is 6.29. The molecule has 3 nitrogen and oxygen atoms in total. The first-order valence-electron chi connectivity index (χ1n) is 20.7. The predicted octanol–water partition coefficient (Wildman–Crippen LogP) is 15.9. The molecular formula is C57H40N2O. The van der Waals surface area contributed by atoms with Crippen molar-refractivity contribution in [1.82, 2.24) is 4.98 Å². The molecule has 60 heavy (non-hydrogen) atoms. The number of fused-ring (bicyclic) bond motifs is 4. The van der Waals surface area contributed by atoms with E-state index in [9.17, 15) is 0 Å². The number of para-hydroxylation sites is 2. The number of aromatic nitrogens is 1. The summed E-state index contributed by atoms with van der Waals surface area (Å²) in [5.74, 6) is 0.686. The second-order valence-electron chi connectivity index (χ2n) is 15.4. The molecule has 0 bridgehead atoms. The molecule has 1 aliphatic carbocycles. The van der Waals surface area contributed by atoms with Crippen LogP contribution >= 0.6 is 0 Å². The van der Waals surface area contributed by atoms with E-state index in [4.69, 9.17) is 9.40 Å². The van der Waals surface area contributed by atoms with Crippen LogP contribution in [0.2, 0.25) is 0 Å². The summed E-state index contributed by atoms with van der Waals surface area (Å²) >= 11 is 0. The molecule has 11 rings (SSSR count). The lowest BCUT2D eigenvalue weighted by Crippen LogP contribution is -2.14. The molecule has 9 aromatic carbocycles. The summed E-state index contributed by atoms with van der Waals surface area (Å²) < 4.78 is 6.62. The Bertz CT molecular complexity index is 3250. The van der Waals surface area contributed by atoms with E-state index >= 15 is 0 Å². The summed E-state index contributed by atoms with van der Waals surface area (Å²) in [6.45, 7) is 0. The molecule has 1 aliphatic rings. The van der Waals surface area contributed by atoms with E-state index < -0.39 is 0 Å². The summed E-state index contributed by atoms with van der Waals surface area (Å²) in [5, 5.41) is 4.59. The minimum atomic E-state index is 0.686. The smallest absolute Gasteiger partial charge is 0.223 e. The Hall–Kier alpha value is -7.75. The zero-order valence-corrected chi connectivity index (χ0v) is 33.0. The van der Waals surface area contributed by atoms with Gasteiger partial charge in [0.1, 0.15) is 5.52 Å². The van der Waals surface area contributed by atoms with Gasteiger partial charge in [0, 0.05) is 27.6 Å². The first-order valence-corrected chi connectivity index (χ1v) is 20.7. The van der Waals surface area contributed by atoms with E-state index in [1.807, 2.05) is 0 Å². The molecule has 10 aromatic rings. The Morgan fingerprint density at radius 3 is 1.72 bits per heavy atom. The highest BCUT2D eigenvalue weighted by Gasteiger charge is 2.26. The van der Waals surface area contributed by atoms with Gasteiger partial charge in [0.2, 0.25) is 5.89 Å². The molecule has 0 saturated heterocycles. The lowest BCUT2D eigenvalue weighted by molar-refractivity contribution is 0.580. The largest absolute Gasteiger partial charge is 0.436 e. The third-order valence-electron chi connectivity index (χ3n) is 11.8. The Kier molecular flexibility index (Phi) is 8.98. The molecule has 0 saturated carbocycles. The van der Waals surface area contributed by atoms with Crippen LogP contribution in [0.1, 0.15) is 24.3 Å². The molecule has 0 aliphatic heterocycles. The number of nitrogens with zero attached hydrogens (tertiary/aromatic N) is 2. The second kappa shape index (κ2) is 15.2. The minimum Gasteiger partial charge on any atom is -0.436 e. The van der Waals surface area contributed by atoms with Crippen molar-refractivity contribution in [3.63, 3.8) is 0 Å². The topological polar surface area (TPSA) is 29.3 Å². The SMILES string of the molecule is C1=C(c2ccccc2)CCC(c2nc3c(ccc4cccc(-c5ccccc5N(c5ccccc5-c5ccccc5)c5ccc6ccccc6c5-c5ccccc5)c43)o2)=C1. The summed E-state index contributed by atoms with van der Waals surface area (Å²) in [6, 6.07) is 73.8. The molecule has 0 unspecified atom stereocenters. The number of allylic oxidation sites excluding steroid dienone is 4. The van der Waals surface area contributed by atoms with Crippen LogP contribution in [0, 0.1) is 0 Å². The average molecular weight is 769 g/mol. The van der Waals surface area contributed by atoms with Gasteiger partial charge in [-0.3, -0.25) is 0 Å². The molecule has 0 atom stereocenters. The van der Waals surface area contributed by atoms with E-state index in [2.05, 4.69) is 223 Å². The van der Waals surface area contributed by atoms with Gasteiger partial charge in [0.25, 0.3) is 0 Å². The Balaban J connectivity index is 1.15. The van der Waals surface area contributed by atoms with Crippen LogP contribution in [0.25, 0.3) is 77.2 Å². The maximum Gasteiger partial charge on any atom is 0.223 e. The molecule has 0 fully saturated rings. The van der Waals surface area contributed by atoms with Crippen molar-refractivity contribution in [1.29, 1.82) is 0 Å². The van der Waals surface area contributed by atoms with Crippen molar-refractivity contribution in [2.45, 2.75) is 12.8 Å². The van der Waals surface area contributed by atoms with Gasteiger partial charge in [0.15, 0.2) is 5.58 Å². The monoisotopic (exact) mass is 768 g/mol. The Labute approximate surface area is 349 Å². The van der Waals surface area contributed by atoms with Crippen molar-refractivity contribution in [3.8, 4) is 33.4 Å². The quantitative estimate of drug-likeness (QED) is 0.154. The zero-order chi connectivity index (χ0) is 39.8. The molecule has 1 heterocycles. The van der Waals surface area contributed by atoms with Crippen LogP contribution < -0.4 is 4.90 Å². The van der Waals surface area contributed by atoms with Gasteiger partial charge in [-0.2, -0.15) is 0 Å². The van der Waals surface area contributed by atoms with Gasteiger partial charge in [0.05, 0.1) is 17.1 Å². The van der Waals surface area contributed by atoms with Crippen LogP contribution in [0.3, 0.4) is 0 Å². The number of hydrogen-bond acceptors (Lipinski definition) is 3. The molecule has 284 valence electrons. The number of oxazole rings is 1. The van der Waals surface area contributed by atoms with Crippen molar-refractivity contribution in [2.75, 3.05) is 4.90 Å².